The minimum Gasteiger partial charge on any atom is -0.459 e. The van der Waals surface area contributed by atoms with Crippen molar-refractivity contribution in [1.29, 1.82) is 0 Å². The molecule has 1 amide bonds. The first-order valence-electron chi connectivity index (χ1n) is 8.69. The predicted octanol–water partition coefficient (Wildman–Crippen LogP) is 3.64. The van der Waals surface area contributed by atoms with Crippen molar-refractivity contribution >= 4 is 11.9 Å². The molecule has 4 nitrogen and oxygen atoms in total. The Balaban J connectivity index is 1.96. The Bertz CT molecular complexity index is 731. The Morgan fingerprint density at radius 2 is 1.69 bits per heavy atom. The number of carbonyl (C=O) groups is 2. The highest BCUT2D eigenvalue weighted by Crippen LogP contribution is 2.11. The summed E-state index contributed by atoms with van der Waals surface area (Å²) in [6.07, 6.45) is 0.337. The second-order valence-electron chi connectivity index (χ2n) is 6.61. The van der Waals surface area contributed by atoms with Crippen LogP contribution in [0.15, 0.2) is 54.6 Å². The van der Waals surface area contributed by atoms with Crippen LogP contribution in [0.4, 0.5) is 4.39 Å². The van der Waals surface area contributed by atoms with E-state index in [1.807, 2.05) is 44.2 Å². The zero-order chi connectivity index (χ0) is 18.9. The molecule has 0 aliphatic rings. The number of esters is 1. The second kappa shape index (κ2) is 9.70. The van der Waals surface area contributed by atoms with Crippen LogP contribution in [0, 0.1) is 11.7 Å². The molecule has 0 fully saturated rings. The Morgan fingerprint density at radius 3 is 2.35 bits per heavy atom. The number of carbonyl (C=O) groups excluding carboxylic acids is 2. The number of rotatable bonds is 8. The third-order valence-electron chi connectivity index (χ3n) is 3.86. The molecule has 0 unspecified atom stereocenters. The minimum absolute atomic E-state index is 0.118. The van der Waals surface area contributed by atoms with Crippen molar-refractivity contribution in [3.8, 4) is 0 Å². The molecule has 0 spiro atoms. The molecule has 2 aromatic rings. The molecule has 0 saturated heterocycles. The Kier molecular flexibility index (Phi) is 7.33. The van der Waals surface area contributed by atoms with Gasteiger partial charge in [0.25, 0.3) is 0 Å². The van der Waals surface area contributed by atoms with Crippen LogP contribution in [0.3, 0.4) is 0 Å². The average molecular weight is 357 g/mol. The molecule has 1 atom stereocenters. The van der Waals surface area contributed by atoms with E-state index in [0.29, 0.717) is 12.0 Å². The number of amides is 1. The van der Waals surface area contributed by atoms with Crippen molar-refractivity contribution in [1.82, 2.24) is 5.32 Å². The molecule has 0 aliphatic carbocycles. The molecule has 26 heavy (non-hydrogen) atoms. The van der Waals surface area contributed by atoms with E-state index < -0.39 is 23.7 Å². The van der Waals surface area contributed by atoms with Crippen LogP contribution >= 0.6 is 0 Å². The molecule has 0 radical (unpaired) electrons. The molecule has 0 bridgehead atoms. The fourth-order valence-corrected chi connectivity index (χ4v) is 2.57. The first-order valence-corrected chi connectivity index (χ1v) is 8.69. The molecule has 5 heteroatoms. The summed E-state index contributed by atoms with van der Waals surface area (Å²) in [6, 6.07) is 14.7. The summed E-state index contributed by atoms with van der Waals surface area (Å²) >= 11 is 0. The van der Waals surface area contributed by atoms with Crippen LogP contribution in [0.5, 0.6) is 0 Å². The summed E-state index contributed by atoms with van der Waals surface area (Å²) < 4.78 is 19.0. The van der Waals surface area contributed by atoms with Crippen molar-refractivity contribution in [3.05, 3.63) is 71.5 Å². The lowest BCUT2D eigenvalue weighted by Gasteiger charge is -2.19. The topological polar surface area (TPSA) is 55.4 Å². The van der Waals surface area contributed by atoms with Crippen molar-refractivity contribution in [2.24, 2.45) is 5.92 Å². The average Bonchev–Trinajstić information content (AvgIpc) is 2.61. The van der Waals surface area contributed by atoms with Gasteiger partial charge < -0.3 is 10.1 Å². The van der Waals surface area contributed by atoms with Gasteiger partial charge in [-0.2, -0.15) is 0 Å². The van der Waals surface area contributed by atoms with Crippen LogP contribution in [0.25, 0.3) is 0 Å². The summed E-state index contributed by atoms with van der Waals surface area (Å²) in [7, 11) is 0. The fourth-order valence-electron chi connectivity index (χ4n) is 2.57. The summed E-state index contributed by atoms with van der Waals surface area (Å²) in [6.45, 7) is 4.07. The van der Waals surface area contributed by atoms with Crippen molar-refractivity contribution in [2.45, 2.75) is 39.3 Å². The number of hydrogen-bond donors (Lipinski definition) is 1. The number of hydrogen-bond acceptors (Lipinski definition) is 3. The Hall–Kier alpha value is -2.69. The van der Waals surface area contributed by atoms with Gasteiger partial charge in [-0.05, 0) is 29.5 Å². The van der Waals surface area contributed by atoms with Crippen molar-refractivity contribution < 1.29 is 18.7 Å². The maximum atomic E-state index is 13.7. The maximum Gasteiger partial charge on any atom is 0.328 e. The monoisotopic (exact) mass is 357 g/mol. The van der Waals surface area contributed by atoms with Gasteiger partial charge in [0.15, 0.2) is 0 Å². The lowest BCUT2D eigenvalue weighted by Crippen LogP contribution is -2.43. The number of ether oxygens (including phenoxy) is 1. The lowest BCUT2D eigenvalue weighted by atomic mass is 10.0. The van der Waals surface area contributed by atoms with Crippen LogP contribution in [0.1, 0.15) is 31.4 Å². The first kappa shape index (κ1) is 19.6. The lowest BCUT2D eigenvalue weighted by molar-refractivity contribution is -0.149. The molecule has 2 aromatic carbocycles. The molecule has 0 aromatic heterocycles. The SMILES string of the molecule is CC(C)C[C@H](NC(=O)Cc1ccccc1F)C(=O)OCc1ccccc1. The largest absolute Gasteiger partial charge is 0.459 e. The smallest absolute Gasteiger partial charge is 0.328 e. The third-order valence-corrected chi connectivity index (χ3v) is 3.86. The van der Waals surface area contributed by atoms with E-state index in [1.165, 1.54) is 6.07 Å². The fraction of sp³-hybridized carbons (Fsp3) is 0.333. The highest BCUT2D eigenvalue weighted by atomic mass is 19.1. The Morgan fingerprint density at radius 1 is 1.04 bits per heavy atom. The molecular formula is C21H24FNO3. The van der Waals surface area contributed by atoms with Crippen LogP contribution in [-0.4, -0.2) is 17.9 Å². The number of halogens is 1. The van der Waals surface area contributed by atoms with Crippen LogP contribution in [-0.2, 0) is 27.4 Å². The van der Waals surface area contributed by atoms with Gasteiger partial charge in [0, 0.05) is 0 Å². The first-order chi connectivity index (χ1) is 12.5. The molecule has 1 N–H and O–H groups in total. The highest BCUT2D eigenvalue weighted by molar-refractivity contribution is 5.85. The van der Waals surface area contributed by atoms with Gasteiger partial charge >= 0.3 is 5.97 Å². The van der Waals surface area contributed by atoms with Crippen molar-refractivity contribution in [2.75, 3.05) is 0 Å². The zero-order valence-corrected chi connectivity index (χ0v) is 15.1. The summed E-state index contributed by atoms with van der Waals surface area (Å²) in [5.41, 5.74) is 1.17. The van der Waals surface area contributed by atoms with E-state index in [2.05, 4.69) is 5.32 Å². The van der Waals surface area contributed by atoms with E-state index in [-0.39, 0.29) is 18.9 Å². The van der Waals surface area contributed by atoms with Gasteiger partial charge in [0.05, 0.1) is 6.42 Å². The summed E-state index contributed by atoms with van der Waals surface area (Å²) in [5, 5.41) is 2.68. The van der Waals surface area contributed by atoms with Gasteiger partial charge in [-0.15, -0.1) is 0 Å². The van der Waals surface area contributed by atoms with E-state index >= 15 is 0 Å². The minimum atomic E-state index is -0.752. The second-order valence-corrected chi connectivity index (χ2v) is 6.61. The van der Waals surface area contributed by atoms with Gasteiger partial charge in [-0.3, -0.25) is 4.79 Å². The molecule has 0 saturated carbocycles. The summed E-state index contributed by atoms with van der Waals surface area (Å²) in [4.78, 5) is 24.6. The Labute approximate surface area is 153 Å². The van der Waals surface area contributed by atoms with Gasteiger partial charge in [0.1, 0.15) is 18.5 Å². The third kappa shape index (κ3) is 6.31. The number of nitrogens with one attached hydrogen (secondary N) is 1. The van der Waals surface area contributed by atoms with Gasteiger partial charge in [0.2, 0.25) is 5.91 Å². The number of benzene rings is 2. The highest BCUT2D eigenvalue weighted by Gasteiger charge is 2.24. The van der Waals surface area contributed by atoms with E-state index in [0.717, 1.165) is 5.56 Å². The van der Waals surface area contributed by atoms with E-state index in [9.17, 15) is 14.0 Å². The van der Waals surface area contributed by atoms with Crippen LogP contribution < -0.4 is 5.32 Å². The normalized spacial score (nSPS) is 11.8. The standard InChI is InChI=1S/C21H24FNO3/c1-15(2)12-19(21(25)26-14-16-8-4-3-5-9-16)23-20(24)13-17-10-6-7-11-18(17)22/h3-11,15,19H,12-14H2,1-2H3,(H,23,24)/t19-/m0/s1. The predicted molar refractivity (Wildman–Crippen MR) is 97.7 cm³/mol. The maximum absolute atomic E-state index is 13.7. The quantitative estimate of drug-likeness (QED) is 0.734. The van der Waals surface area contributed by atoms with Gasteiger partial charge in [-0.25, -0.2) is 9.18 Å². The van der Waals surface area contributed by atoms with Crippen molar-refractivity contribution in [3.63, 3.8) is 0 Å². The zero-order valence-electron chi connectivity index (χ0n) is 15.1. The molecule has 138 valence electrons. The molecular weight excluding hydrogens is 333 g/mol. The molecule has 0 heterocycles. The van der Waals surface area contributed by atoms with Crippen LogP contribution in [0.2, 0.25) is 0 Å². The summed E-state index contributed by atoms with van der Waals surface area (Å²) in [5.74, 6) is -1.13. The van der Waals surface area contributed by atoms with Gasteiger partial charge in [-0.1, -0.05) is 62.4 Å². The molecule has 0 aliphatic heterocycles. The van der Waals surface area contributed by atoms with E-state index in [1.54, 1.807) is 18.2 Å². The molecule has 2 rings (SSSR count). The van der Waals surface area contributed by atoms with E-state index in [4.69, 9.17) is 4.74 Å².